The Balaban J connectivity index is 1.17. The molecule has 0 amide bonds. The molecule has 0 unspecified atom stereocenters. The van der Waals surface area contributed by atoms with E-state index in [-0.39, 0.29) is 0 Å². The van der Waals surface area contributed by atoms with Crippen molar-refractivity contribution in [2.45, 2.75) is 12.8 Å². The molecule has 10 aromatic rings. The lowest BCUT2D eigenvalue weighted by atomic mass is 9.95. The molecule has 0 radical (unpaired) electrons. The highest BCUT2D eigenvalue weighted by molar-refractivity contribution is 7.22. The lowest BCUT2D eigenvalue weighted by Gasteiger charge is -2.13. The summed E-state index contributed by atoms with van der Waals surface area (Å²) in [7, 11) is 0. The van der Waals surface area contributed by atoms with Gasteiger partial charge in [0.15, 0.2) is 5.82 Å². The van der Waals surface area contributed by atoms with E-state index in [4.69, 9.17) is 15.0 Å². The molecule has 6 aromatic carbocycles. The molecule has 0 bridgehead atoms. The van der Waals surface area contributed by atoms with Crippen LogP contribution in [0, 0.1) is 0 Å². The highest BCUT2D eigenvalue weighted by Crippen LogP contribution is 2.46. The molecule has 4 aromatic heterocycles. The van der Waals surface area contributed by atoms with E-state index in [9.17, 15) is 0 Å². The maximum absolute atomic E-state index is 5.33. The van der Waals surface area contributed by atoms with Crippen LogP contribution in [-0.4, -0.2) is 19.4 Å². The molecule has 4 heterocycles. The highest BCUT2D eigenvalue weighted by atomic mass is 32.1. The molecule has 0 aliphatic heterocycles. The first-order chi connectivity index (χ1) is 24.8. The first kappa shape index (κ1) is 27.7. The van der Waals surface area contributed by atoms with Gasteiger partial charge in [0.1, 0.15) is 5.01 Å². The summed E-state index contributed by atoms with van der Waals surface area (Å²) >= 11 is 1.78. The Kier molecular flexibility index (Phi) is 5.92. The van der Waals surface area contributed by atoms with Crippen molar-refractivity contribution in [2.24, 2.45) is 0 Å². The first-order valence-electron chi connectivity index (χ1n) is 17.1. The monoisotopic (exact) mass is 656 g/mol. The lowest BCUT2D eigenvalue weighted by Crippen LogP contribution is -1.96. The van der Waals surface area contributed by atoms with Crippen molar-refractivity contribution in [3.63, 3.8) is 0 Å². The Morgan fingerprint density at radius 2 is 1.36 bits per heavy atom. The van der Waals surface area contributed by atoms with E-state index in [1.807, 2.05) is 0 Å². The van der Waals surface area contributed by atoms with Crippen LogP contribution in [0.25, 0.3) is 98.0 Å². The van der Waals surface area contributed by atoms with Gasteiger partial charge in [-0.05, 0) is 66.4 Å². The normalized spacial score (nSPS) is 13.5. The Bertz CT molecular complexity index is 3040. The van der Waals surface area contributed by atoms with E-state index < -0.39 is 0 Å². The van der Waals surface area contributed by atoms with Gasteiger partial charge in [-0.1, -0.05) is 103 Å². The predicted octanol–water partition coefficient (Wildman–Crippen LogP) is 12.1. The number of rotatable bonds is 4. The molecule has 50 heavy (non-hydrogen) atoms. The van der Waals surface area contributed by atoms with Gasteiger partial charge in [-0.2, -0.15) is 0 Å². The average Bonchev–Trinajstić information content (AvgIpc) is 3.87. The van der Waals surface area contributed by atoms with E-state index in [0.29, 0.717) is 0 Å². The third-order valence-corrected chi connectivity index (χ3v) is 11.4. The highest BCUT2D eigenvalue weighted by Gasteiger charge is 2.23. The molecule has 0 atom stereocenters. The van der Waals surface area contributed by atoms with Gasteiger partial charge in [-0.15, -0.1) is 11.3 Å². The minimum Gasteiger partial charge on any atom is -0.308 e. The van der Waals surface area contributed by atoms with Crippen molar-refractivity contribution in [3.8, 4) is 33.2 Å². The van der Waals surface area contributed by atoms with Gasteiger partial charge in [0.2, 0.25) is 0 Å². The molecule has 1 aliphatic carbocycles. The maximum atomic E-state index is 5.33. The number of fused-ring (bicyclic) bond motifs is 9. The smallest absolute Gasteiger partial charge is 0.160 e. The van der Waals surface area contributed by atoms with E-state index in [1.54, 1.807) is 11.3 Å². The van der Waals surface area contributed by atoms with Gasteiger partial charge in [-0.25, -0.2) is 15.0 Å². The van der Waals surface area contributed by atoms with Crippen LogP contribution in [0.3, 0.4) is 0 Å². The summed E-state index contributed by atoms with van der Waals surface area (Å²) in [6.45, 7) is 0. The zero-order valence-corrected chi connectivity index (χ0v) is 27.8. The number of hydrogen-bond donors (Lipinski definition) is 0. The van der Waals surface area contributed by atoms with Crippen LogP contribution in [0.15, 0.2) is 146 Å². The second kappa shape index (κ2) is 10.7. The van der Waals surface area contributed by atoms with Gasteiger partial charge in [-0.3, -0.25) is 0 Å². The van der Waals surface area contributed by atoms with Crippen molar-refractivity contribution in [1.82, 2.24) is 19.4 Å². The number of hydrogen-bond acceptors (Lipinski definition) is 4. The van der Waals surface area contributed by atoms with E-state index in [0.717, 1.165) is 62.5 Å². The van der Waals surface area contributed by atoms with Gasteiger partial charge in [0, 0.05) is 43.6 Å². The average molecular weight is 657 g/mol. The summed E-state index contributed by atoms with van der Waals surface area (Å²) in [5.41, 5.74) is 12.4. The van der Waals surface area contributed by atoms with Crippen LogP contribution < -0.4 is 0 Å². The van der Waals surface area contributed by atoms with Crippen molar-refractivity contribution < 1.29 is 0 Å². The summed E-state index contributed by atoms with van der Waals surface area (Å²) in [5.74, 6) is 0.728. The summed E-state index contributed by atoms with van der Waals surface area (Å²) in [6, 6.07) is 45.5. The summed E-state index contributed by atoms with van der Waals surface area (Å²) in [6.07, 6.45) is 8.76. The molecule has 234 valence electrons. The molecule has 11 rings (SSSR count). The molecule has 0 N–H and O–H groups in total. The van der Waals surface area contributed by atoms with Crippen LogP contribution >= 0.6 is 11.3 Å². The molecule has 0 saturated heterocycles. The summed E-state index contributed by atoms with van der Waals surface area (Å²) in [4.78, 5) is 15.7. The zero-order chi connectivity index (χ0) is 32.8. The lowest BCUT2D eigenvalue weighted by molar-refractivity contribution is 1.05. The molecule has 0 fully saturated rings. The number of para-hydroxylation sites is 2. The zero-order valence-electron chi connectivity index (χ0n) is 27.0. The van der Waals surface area contributed by atoms with Crippen LogP contribution in [0.4, 0.5) is 0 Å². The number of benzene rings is 6. The molecular weight excluding hydrogens is 629 g/mol. The second-order valence-electron chi connectivity index (χ2n) is 13.1. The topological polar surface area (TPSA) is 43.1 Å². The Morgan fingerprint density at radius 1 is 0.560 bits per heavy atom. The van der Waals surface area contributed by atoms with E-state index in [1.165, 1.54) is 53.9 Å². The number of thiazole rings is 1. The van der Waals surface area contributed by atoms with Crippen LogP contribution in [0.1, 0.15) is 18.4 Å². The van der Waals surface area contributed by atoms with E-state index in [2.05, 4.69) is 150 Å². The Hall–Kier alpha value is -6.17. The first-order valence-corrected chi connectivity index (χ1v) is 17.9. The quantitative estimate of drug-likeness (QED) is 0.189. The van der Waals surface area contributed by atoms with Gasteiger partial charge in [0.05, 0.1) is 38.0 Å². The number of nitrogens with zero attached hydrogens (tertiary/aromatic N) is 4. The minimum absolute atomic E-state index is 0.728. The molecule has 1 aliphatic rings. The summed E-state index contributed by atoms with van der Waals surface area (Å²) in [5, 5.41) is 7.01. The van der Waals surface area contributed by atoms with Crippen molar-refractivity contribution in [2.75, 3.05) is 0 Å². The van der Waals surface area contributed by atoms with Crippen LogP contribution in [0.5, 0.6) is 0 Å². The minimum atomic E-state index is 0.728. The van der Waals surface area contributed by atoms with Crippen LogP contribution in [0.2, 0.25) is 0 Å². The van der Waals surface area contributed by atoms with Gasteiger partial charge < -0.3 is 4.40 Å². The fourth-order valence-corrected chi connectivity index (χ4v) is 9.03. The predicted molar refractivity (Wildman–Crippen MR) is 210 cm³/mol. The number of allylic oxidation sites excluding steroid dienone is 4. The standard InChI is InChI=1S/C45H28N4S/c1-3-12-27(13-4-1)29-16-11-17-30(24-29)41-33-19-7-9-20-36(33)46-44(48-41)31-22-23-39-35(25-31)40-42-34(32-18-8-10-21-38(32)49(39)42)26-37-43(40)50-45(47-37)28-14-5-2-6-15-28/h1-3,5-12,14-26H,4,13H2. The van der Waals surface area contributed by atoms with Gasteiger partial charge in [0.25, 0.3) is 0 Å². The fraction of sp³-hybridized carbons (Fsp3) is 0.0444. The fourth-order valence-electron chi connectivity index (χ4n) is 7.92. The van der Waals surface area contributed by atoms with E-state index >= 15 is 0 Å². The third-order valence-electron chi connectivity index (χ3n) is 10.2. The Morgan fingerprint density at radius 3 is 2.26 bits per heavy atom. The molecule has 0 spiro atoms. The molecule has 0 saturated carbocycles. The largest absolute Gasteiger partial charge is 0.308 e. The van der Waals surface area contributed by atoms with Gasteiger partial charge >= 0.3 is 0 Å². The van der Waals surface area contributed by atoms with Crippen molar-refractivity contribution >= 4 is 76.1 Å². The molecular formula is C45H28N4S. The van der Waals surface area contributed by atoms with Crippen molar-refractivity contribution in [3.05, 3.63) is 151 Å². The SMILES string of the molecule is C1=CCCC(c2cccc(-c3nc(-c4ccc5c(c4)c4c6sc(-c7ccccc7)nc6cc6c7ccccc7n5c64)nc4ccccc34)c2)=C1. The second-order valence-corrected chi connectivity index (χ2v) is 14.1. The van der Waals surface area contributed by atoms with Crippen LogP contribution in [-0.2, 0) is 0 Å². The maximum Gasteiger partial charge on any atom is 0.160 e. The molecule has 5 heteroatoms. The molecule has 4 nitrogen and oxygen atoms in total. The number of aromatic nitrogens is 4. The van der Waals surface area contributed by atoms with Crippen molar-refractivity contribution in [1.29, 1.82) is 0 Å². The third kappa shape index (κ3) is 4.07. The summed E-state index contributed by atoms with van der Waals surface area (Å²) < 4.78 is 3.65. The Labute approximate surface area is 291 Å².